The van der Waals surface area contributed by atoms with E-state index >= 15 is 0 Å². The molecule has 2 aromatic carbocycles. The van der Waals surface area contributed by atoms with Gasteiger partial charge in [0.05, 0.1) is 19.3 Å². The van der Waals surface area contributed by atoms with Crippen LogP contribution in [0, 0.1) is 5.41 Å². The summed E-state index contributed by atoms with van der Waals surface area (Å²) in [5, 5.41) is 9.56. The molecule has 0 fully saturated rings. The number of benzene rings is 2. The Morgan fingerprint density at radius 1 is 1.15 bits per heavy atom. The van der Waals surface area contributed by atoms with Crippen LogP contribution in [-0.4, -0.2) is 73.1 Å². The number of aliphatic carboxylic acids is 1. The summed E-state index contributed by atoms with van der Waals surface area (Å²) in [6.45, 7) is 9.61. The van der Waals surface area contributed by atoms with Gasteiger partial charge in [0.25, 0.3) is 0 Å². The molecule has 0 spiro atoms. The van der Waals surface area contributed by atoms with Crippen LogP contribution in [0.5, 0.6) is 5.75 Å². The lowest BCUT2D eigenvalue weighted by molar-refractivity contribution is -0.148. The number of fused-ring (bicyclic) bond motifs is 1. The first kappa shape index (κ1) is 29.4. The standard InChI is InChI=1S/C31H40N2O7/c1-20-25(32-28(40-20)21-9-7-6-8-10-21)14-16-38-26-12-11-22(17-27(37-5)29(34)35)24-18-33(15-13-23(24)26)30(36)39-19-31(2,3)4/h6-12,20,25,27H,13-19H2,1-5H3,(H,34,35). The number of carbonyl (C=O) groups excluding carboxylic acids is 1. The summed E-state index contributed by atoms with van der Waals surface area (Å²) < 4.78 is 23.0. The van der Waals surface area contributed by atoms with Crippen molar-refractivity contribution < 1.29 is 33.6 Å². The largest absolute Gasteiger partial charge is 0.493 e. The number of hydrogen-bond acceptors (Lipinski definition) is 7. The molecular formula is C31H40N2O7. The number of ether oxygens (including phenoxy) is 4. The zero-order valence-electron chi connectivity index (χ0n) is 24.0. The second-order valence-electron chi connectivity index (χ2n) is 11.6. The molecule has 0 aliphatic carbocycles. The summed E-state index contributed by atoms with van der Waals surface area (Å²) in [6.07, 6.45) is 0.0377. The molecule has 0 aromatic heterocycles. The molecule has 0 saturated heterocycles. The maximum absolute atomic E-state index is 12.8. The molecule has 3 atom stereocenters. The summed E-state index contributed by atoms with van der Waals surface area (Å²) in [5.41, 5.74) is 3.52. The number of rotatable bonds is 10. The molecule has 2 aliphatic rings. The van der Waals surface area contributed by atoms with Gasteiger partial charge in [-0.1, -0.05) is 45.0 Å². The van der Waals surface area contributed by atoms with Gasteiger partial charge in [-0.2, -0.15) is 0 Å². The third kappa shape index (κ3) is 7.33. The number of carboxylic acid groups (broad SMARTS) is 1. The molecule has 2 aliphatic heterocycles. The molecule has 1 amide bonds. The maximum Gasteiger partial charge on any atom is 0.410 e. The van der Waals surface area contributed by atoms with Crippen molar-refractivity contribution in [2.75, 3.05) is 26.9 Å². The second kappa shape index (κ2) is 12.7. The van der Waals surface area contributed by atoms with Crippen LogP contribution in [0.15, 0.2) is 47.5 Å². The highest BCUT2D eigenvalue weighted by Crippen LogP contribution is 2.33. The van der Waals surface area contributed by atoms with Crippen molar-refractivity contribution in [3.63, 3.8) is 0 Å². The zero-order chi connectivity index (χ0) is 28.9. The van der Waals surface area contributed by atoms with Crippen molar-refractivity contribution in [2.45, 2.75) is 71.8 Å². The first-order chi connectivity index (χ1) is 19.1. The number of nitrogens with zero attached hydrogens (tertiary/aromatic N) is 2. The predicted molar refractivity (Wildman–Crippen MR) is 151 cm³/mol. The van der Waals surface area contributed by atoms with E-state index in [4.69, 9.17) is 23.9 Å². The summed E-state index contributed by atoms with van der Waals surface area (Å²) in [6, 6.07) is 13.6. The molecule has 2 aromatic rings. The Kier molecular flexibility index (Phi) is 9.35. The van der Waals surface area contributed by atoms with Gasteiger partial charge in [-0.25, -0.2) is 14.6 Å². The lowest BCUT2D eigenvalue weighted by Gasteiger charge is -2.32. The number of methoxy groups -OCH3 is 1. The van der Waals surface area contributed by atoms with Crippen molar-refractivity contribution in [2.24, 2.45) is 10.4 Å². The Morgan fingerprint density at radius 2 is 1.90 bits per heavy atom. The molecule has 40 heavy (non-hydrogen) atoms. The van der Waals surface area contributed by atoms with Crippen molar-refractivity contribution in [1.82, 2.24) is 4.90 Å². The fourth-order valence-corrected chi connectivity index (χ4v) is 4.88. The minimum absolute atomic E-state index is 0.0172. The van der Waals surface area contributed by atoms with Crippen LogP contribution in [0.1, 0.15) is 56.4 Å². The summed E-state index contributed by atoms with van der Waals surface area (Å²) in [7, 11) is 1.39. The normalized spacial score (nSPS) is 19.3. The highest BCUT2D eigenvalue weighted by molar-refractivity contribution is 5.95. The van der Waals surface area contributed by atoms with Crippen LogP contribution in [0.3, 0.4) is 0 Å². The minimum Gasteiger partial charge on any atom is -0.493 e. The molecule has 0 saturated carbocycles. The van der Waals surface area contributed by atoms with E-state index in [1.807, 2.05) is 70.2 Å². The number of aliphatic imine (C=N–C) groups is 1. The van der Waals surface area contributed by atoms with Crippen molar-refractivity contribution >= 4 is 18.0 Å². The molecule has 0 bridgehead atoms. The zero-order valence-corrected chi connectivity index (χ0v) is 24.0. The Balaban J connectivity index is 1.48. The number of carbonyl (C=O) groups is 2. The quantitative estimate of drug-likeness (QED) is 0.448. The maximum atomic E-state index is 12.8. The first-order valence-electron chi connectivity index (χ1n) is 13.8. The van der Waals surface area contributed by atoms with E-state index in [1.165, 1.54) is 7.11 Å². The Morgan fingerprint density at radius 3 is 2.58 bits per heavy atom. The lowest BCUT2D eigenvalue weighted by atomic mass is 9.91. The van der Waals surface area contributed by atoms with Crippen LogP contribution in [0.25, 0.3) is 0 Å². The molecular weight excluding hydrogens is 512 g/mol. The molecule has 2 heterocycles. The molecule has 9 nitrogen and oxygen atoms in total. The fraction of sp³-hybridized carbons (Fsp3) is 0.516. The number of carboxylic acids is 1. The van der Waals surface area contributed by atoms with Crippen LogP contribution >= 0.6 is 0 Å². The van der Waals surface area contributed by atoms with E-state index in [-0.39, 0.29) is 30.1 Å². The van der Waals surface area contributed by atoms with E-state index in [1.54, 1.807) is 4.90 Å². The van der Waals surface area contributed by atoms with Gasteiger partial charge in [0.1, 0.15) is 11.9 Å². The van der Waals surface area contributed by atoms with Gasteiger partial charge in [0.15, 0.2) is 6.10 Å². The van der Waals surface area contributed by atoms with Crippen molar-refractivity contribution in [3.05, 3.63) is 64.7 Å². The van der Waals surface area contributed by atoms with E-state index in [9.17, 15) is 14.7 Å². The number of hydrogen-bond donors (Lipinski definition) is 1. The van der Waals surface area contributed by atoms with Crippen LogP contribution in [0.4, 0.5) is 4.79 Å². The van der Waals surface area contributed by atoms with Crippen LogP contribution < -0.4 is 4.74 Å². The van der Waals surface area contributed by atoms with E-state index < -0.39 is 12.1 Å². The summed E-state index contributed by atoms with van der Waals surface area (Å²) in [5.74, 6) is 0.367. The van der Waals surface area contributed by atoms with Gasteiger partial charge in [-0.15, -0.1) is 0 Å². The molecule has 1 N–H and O–H groups in total. The summed E-state index contributed by atoms with van der Waals surface area (Å²) in [4.78, 5) is 31.0. The Bertz CT molecular complexity index is 1220. The predicted octanol–water partition coefficient (Wildman–Crippen LogP) is 4.87. The first-order valence-corrected chi connectivity index (χ1v) is 13.8. The van der Waals surface area contributed by atoms with E-state index in [2.05, 4.69) is 0 Å². The smallest absolute Gasteiger partial charge is 0.410 e. The molecule has 3 unspecified atom stereocenters. The van der Waals surface area contributed by atoms with Gasteiger partial charge in [0, 0.05) is 44.2 Å². The average molecular weight is 553 g/mol. The van der Waals surface area contributed by atoms with Crippen LogP contribution in [0.2, 0.25) is 0 Å². The van der Waals surface area contributed by atoms with Gasteiger partial charge >= 0.3 is 12.1 Å². The van der Waals surface area contributed by atoms with Gasteiger partial charge in [-0.05, 0) is 48.1 Å². The Labute approximate surface area is 236 Å². The molecule has 216 valence electrons. The SMILES string of the molecule is COC(Cc1ccc(OCCC2N=C(c3ccccc3)OC2C)c2c1CN(C(=O)OCC(C)(C)C)CC2)C(=O)O. The third-order valence-corrected chi connectivity index (χ3v) is 7.13. The lowest BCUT2D eigenvalue weighted by Crippen LogP contribution is -2.38. The van der Waals surface area contributed by atoms with Crippen molar-refractivity contribution in [1.29, 1.82) is 0 Å². The molecule has 9 heteroatoms. The van der Waals surface area contributed by atoms with Gasteiger partial charge in [-0.3, -0.25) is 0 Å². The average Bonchev–Trinajstić information content (AvgIpc) is 3.30. The fourth-order valence-electron chi connectivity index (χ4n) is 4.88. The van der Waals surface area contributed by atoms with E-state index in [0.717, 1.165) is 28.0 Å². The van der Waals surface area contributed by atoms with E-state index in [0.29, 0.717) is 45.0 Å². The topological polar surface area (TPSA) is 107 Å². The van der Waals surface area contributed by atoms with Crippen LogP contribution in [-0.2, 0) is 38.4 Å². The third-order valence-electron chi connectivity index (χ3n) is 7.13. The second-order valence-corrected chi connectivity index (χ2v) is 11.6. The van der Waals surface area contributed by atoms with Gasteiger partial charge < -0.3 is 29.0 Å². The Hall–Kier alpha value is -3.59. The molecule has 0 radical (unpaired) electrons. The number of amides is 1. The minimum atomic E-state index is -1.03. The van der Waals surface area contributed by atoms with Crippen molar-refractivity contribution in [3.8, 4) is 5.75 Å². The van der Waals surface area contributed by atoms with Gasteiger partial charge in [0.2, 0.25) is 5.90 Å². The molecule has 4 rings (SSSR count). The highest BCUT2D eigenvalue weighted by atomic mass is 16.6. The monoisotopic (exact) mass is 552 g/mol. The summed E-state index contributed by atoms with van der Waals surface area (Å²) >= 11 is 0. The highest BCUT2D eigenvalue weighted by Gasteiger charge is 2.30.